The lowest BCUT2D eigenvalue weighted by atomic mass is 10.1. The Balaban J connectivity index is 1.55. The van der Waals surface area contributed by atoms with Crippen molar-refractivity contribution in [3.05, 3.63) is 59.1 Å². The highest BCUT2D eigenvalue weighted by Gasteiger charge is 2.16. The van der Waals surface area contributed by atoms with Gasteiger partial charge < -0.3 is 14.6 Å². The molecule has 0 fully saturated rings. The van der Waals surface area contributed by atoms with Gasteiger partial charge in [-0.15, -0.1) is 5.10 Å². The number of hydrogen-bond acceptors (Lipinski definition) is 7. The Morgan fingerprint density at radius 3 is 2.68 bits per heavy atom. The third-order valence-electron chi connectivity index (χ3n) is 4.04. The van der Waals surface area contributed by atoms with Crippen molar-refractivity contribution in [3.63, 3.8) is 0 Å². The number of hydrogen-bond donors (Lipinski definition) is 1. The lowest BCUT2D eigenvalue weighted by Crippen LogP contribution is -2.19. The second kappa shape index (κ2) is 9.88. The maximum atomic E-state index is 10.3. The van der Waals surface area contributed by atoms with Crippen LogP contribution in [-0.4, -0.2) is 50.9 Å². The van der Waals surface area contributed by atoms with Gasteiger partial charge in [0.25, 0.3) is 0 Å². The summed E-state index contributed by atoms with van der Waals surface area (Å²) in [7, 11) is 1.60. The standard InChI is InChI=1S/C19H21ClN4O3S/c1-13(14-7-9-15(20)10-8-14)27-11-16(25)12-28-19-21-22-23-24(19)17-5-3-4-6-18(17)26-2/h3-10,13,16,25H,11-12H2,1-2H3/t13-,16+/m1/s1. The molecule has 1 aromatic heterocycles. The SMILES string of the molecule is COc1ccccc1-n1nnnc1SC[C@@H](O)CO[C@H](C)c1ccc(Cl)cc1. The minimum Gasteiger partial charge on any atom is -0.494 e. The predicted molar refractivity (Wildman–Crippen MR) is 108 cm³/mol. The lowest BCUT2D eigenvalue weighted by molar-refractivity contribution is 0.00621. The fourth-order valence-corrected chi connectivity index (χ4v) is 3.44. The zero-order chi connectivity index (χ0) is 19.9. The molecule has 0 bridgehead atoms. The van der Waals surface area contributed by atoms with Gasteiger partial charge in [-0.25, -0.2) is 0 Å². The number of aliphatic hydroxyl groups is 1. The van der Waals surface area contributed by atoms with Crippen molar-refractivity contribution in [3.8, 4) is 11.4 Å². The van der Waals surface area contributed by atoms with E-state index in [1.807, 2.05) is 55.5 Å². The largest absolute Gasteiger partial charge is 0.494 e. The number of thioether (sulfide) groups is 1. The number of rotatable bonds is 9. The van der Waals surface area contributed by atoms with Crippen LogP contribution >= 0.6 is 23.4 Å². The molecule has 0 amide bonds. The number of ether oxygens (including phenoxy) is 2. The fraction of sp³-hybridized carbons (Fsp3) is 0.316. The van der Waals surface area contributed by atoms with E-state index in [-0.39, 0.29) is 12.7 Å². The Bertz CT molecular complexity index is 891. The number of nitrogens with zero attached hydrogens (tertiary/aromatic N) is 4. The Morgan fingerprint density at radius 2 is 1.93 bits per heavy atom. The average Bonchev–Trinajstić information content (AvgIpc) is 3.19. The predicted octanol–water partition coefficient (Wildman–Crippen LogP) is 3.56. The third kappa shape index (κ3) is 5.23. The van der Waals surface area contributed by atoms with E-state index in [2.05, 4.69) is 15.5 Å². The first-order chi connectivity index (χ1) is 13.6. The Morgan fingerprint density at radius 1 is 1.18 bits per heavy atom. The zero-order valence-electron chi connectivity index (χ0n) is 15.5. The van der Waals surface area contributed by atoms with Gasteiger partial charge in [0.1, 0.15) is 11.4 Å². The van der Waals surface area contributed by atoms with E-state index >= 15 is 0 Å². The summed E-state index contributed by atoms with van der Waals surface area (Å²) in [5, 5.41) is 23.3. The van der Waals surface area contributed by atoms with Crippen LogP contribution in [0.15, 0.2) is 53.7 Å². The molecule has 2 aromatic carbocycles. The van der Waals surface area contributed by atoms with E-state index in [4.69, 9.17) is 21.1 Å². The van der Waals surface area contributed by atoms with Crippen molar-refractivity contribution in [1.29, 1.82) is 0 Å². The smallest absolute Gasteiger partial charge is 0.214 e. The quantitative estimate of drug-likeness (QED) is 0.530. The van der Waals surface area contributed by atoms with E-state index < -0.39 is 6.10 Å². The van der Waals surface area contributed by atoms with E-state index in [0.717, 1.165) is 11.3 Å². The molecule has 0 unspecified atom stereocenters. The number of aliphatic hydroxyl groups excluding tert-OH is 1. The molecule has 0 aliphatic rings. The third-order valence-corrected chi connectivity index (χ3v) is 5.35. The molecule has 0 spiro atoms. The highest BCUT2D eigenvalue weighted by atomic mass is 35.5. The summed E-state index contributed by atoms with van der Waals surface area (Å²) in [6, 6.07) is 14.9. The van der Waals surface area contributed by atoms with Crippen LogP contribution in [0.2, 0.25) is 5.02 Å². The number of para-hydroxylation sites is 2. The van der Waals surface area contributed by atoms with E-state index in [9.17, 15) is 5.11 Å². The second-order valence-corrected chi connectivity index (χ2v) is 7.46. The van der Waals surface area contributed by atoms with Gasteiger partial charge in [-0.2, -0.15) is 4.68 Å². The van der Waals surface area contributed by atoms with Crippen molar-refractivity contribution < 1.29 is 14.6 Å². The van der Waals surface area contributed by atoms with Crippen LogP contribution in [0.3, 0.4) is 0 Å². The summed E-state index contributed by atoms with van der Waals surface area (Å²) in [6.07, 6.45) is -0.807. The number of halogens is 1. The average molecular weight is 421 g/mol. The summed E-state index contributed by atoms with van der Waals surface area (Å²) in [4.78, 5) is 0. The van der Waals surface area contributed by atoms with E-state index in [0.29, 0.717) is 21.7 Å². The van der Waals surface area contributed by atoms with Crippen LogP contribution in [0.5, 0.6) is 5.75 Å². The maximum Gasteiger partial charge on any atom is 0.214 e. The molecule has 148 valence electrons. The number of benzene rings is 2. The van der Waals surface area contributed by atoms with Crippen LogP contribution < -0.4 is 4.74 Å². The van der Waals surface area contributed by atoms with Crippen LogP contribution in [0.4, 0.5) is 0 Å². The highest BCUT2D eigenvalue weighted by molar-refractivity contribution is 7.99. The molecule has 1 N–H and O–H groups in total. The molecule has 3 aromatic rings. The van der Waals surface area contributed by atoms with Gasteiger partial charge in [0, 0.05) is 10.8 Å². The molecule has 0 aliphatic heterocycles. The summed E-state index contributed by atoms with van der Waals surface area (Å²) >= 11 is 7.25. The van der Waals surface area contributed by atoms with Crippen molar-refractivity contribution in [2.24, 2.45) is 0 Å². The fourth-order valence-electron chi connectivity index (χ4n) is 2.53. The van der Waals surface area contributed by atoms with Gasteiger partial charge in [0.05, 0.1) is 25.9 Å². The van der Waals surface area contributed by atoms with Gasteiger partial charge >= 0.3 is 0 Å². The molecule has 3 rings (SSSR count). The van der Waals surface area contributed by atoms with Gasteiger partial charge in [-0.3, -0.25) is 0 Å². The molecule has 9 heteroatoms. The number of aromatic nitrogens is 4. The number of methoxy groups -OCH3 is 1. The van der Waals surface area contributed by atoms with Crippen LogP contribution in [-0.2, 0) is 4.74 Å². The van der Waals surface area contributed by atoms with Crippen LogP contribution in [0.25, 0.3) is 5.69 Å². The molecule has 2 atom stereocenters. The summed E-state index contributed by atoms with van der Waals surface area (Å²) in [5.74, 6) is 1.06. The maximum absolute atomic E-state index is 10.3. The van der Waals surface area contributed by atoms with Crippen LogP contribution in [0, 0.1) is 0 Å². The Labute approximate surface area is 172 Å². The van der Waals surface area contributed by atoms with Crippen molar-refractivity contribution in [2.75, 3.05) is 19.5 Å². The van der Waals surface area contributed by atoms with Crippen molar-refractivity contribution in [1.82, 2.24) is 20.2 Å². The molecule has 0 saturated heterocycles. The Hall–Kier alpha value is -2.13. The van der Waals surface area contributed by atoms with Crippen LogP contribution in [0.1, 0.15) is 18.6 Å². The summed E-state index contributed by atoms with van der Waals surface area (Å²) in [5.41, 5.74) is 1.74. The molecule has 0 radical (unpaired) electrons. The second-order valence-electron chi connectivity index (χ2n) is 6.04. The Kier molecular flexibility index (Phi) is 7.27. The van der Waals surface area contributed by atoms with E-state index in [1.165, 1.54) is 11.8 Å². The topological polar surface area (TPSA) is 82.3 Å². The molecule has 1 heterocycles. The van der Waals surface area contributed by atoms with Gasteiger partial charge in [-0.05, 0) is 47.2 Å². The molecule has 28 heavy (non-hydrogen) atoms. The van der Waals surface area contributed by atoms with Gasteiger partial charge in [0.2, 0.25) is 5.16 Å². The summed E-state index contributed by atoms with van der Waals surface area (Å²) in [6.45, 7) is 2.14. The van der Waals surface area contributed by atoms with E-state index in [1.54, 1.807) is 11.8 Å². The molecular formula is C19H21ClN4O3S. The highest BCUT2D eigenvalue weighted by Crippen LogP contribution is 2.26. The molecule has 7 nitrogen and oxygen atoms in total. The first-order valence-corrected chi connectivity index (χ1v) is 10.0. The molecular weight excluding hydrogens is 400 g/mol. The monoisotopic (exact) mass is 420 g/mol. The van der Waals surface area contributed by atoms with Gasteiger partial charge in [-0.1, -0.05) is 47.6 Å². The summed E-state index contributed by atoms with van der Waals surface area (Å²) < 4.78 is 12.7. The van der Waals surface area contributed by atoms with Gasteiger partial charge in [0.15, 0.2) is 0 Å². The lowest BCUT2D eigenvalue weighted by Gasteiger charge is -2.16. The first kappa shape index (κ1) is 20.6. The minimum atomic E-state index is -0.664. The zero-order valence-corrected chi connectivity index (χ0v) is 17.1. The van der Waals surface area contributed by atoms with Crippen molar-refractivity contribution >= 4 is 23.4 Å². The van der Waals surface area contributed by atoms with Crippen molar-refractivity contribution in [2.45, 2.75) is 24.3 Å². The minimum absolute atomic E-state index is 0.143. The normalized spacial score (nSPS) is 13.3. The molecule has 0 aliphatic carbocycles. The number of tetrazole rings is 1. The molecule has 0 saturated carbocycles. The first-order valence-electron chi connectivity index (χ1n) is 8.68.